The summed E-state index contributed by atoms with van der Waals surface area (Å²) in [6.45, 7) is 0. The molecule has 0 aliphatic carbocycles. The molecule has 0 saturated carbocycles. The quantitative estimate of drug-likeness (QED) is 0.261. The zero-order valence-electron chi connectivity index (χ0n) is 14.9. The second kappa shape index (κ2) is 19.0. The smallest absolute Gasteiger partial charge is 0.276 e. The Hall–Kier alpha value is -0.380. The standard InChI is InChI=1S/C18H34N2O2S2/c19-16-23-14-10-6-3-5-9-13-17(21)12-8-4-1-2-7-11-15-24-18(20)22/h17,21H,1-15H2,(H2,20,22). The van der Waals surface area contributed by atoms with Crippen molar-refractivity contribution in [1.82, 2.24) is 0 Å². The topological polar surface area (TPSA) is 87.1 Å². The molecular formula is C18H34N2O2S2. The van der Waals surface area contributed by atoms with Gasteiger partial charge in [0.1, 0.15) is 5.40 Å². The first kappa shape index (κ1) is 23.6. The Morgan fingerprint density at radius 3 is 1.83 bits per heavy atom. The van der Waals surface area contributed by atoms with Gasteiger partial charge in [-0.05, 0) is 37.4 Å². The highest BCUT2D eigenvalue weighted by Gasteiger charge is 2.03. The number of amides is 1. The molecule has 0 saturated heterocycles. The molecule has 3 N–H and O–H groups in total. The van der Waals surface area contributed by atoms with Crippen LogP contribution in [0.3, 0.4) is 0 Å². The molecule has 0 aliphatic heterocycles. The number of nitrogens with zero attached hydrogens (tertiary/aromatic N) is 1. The number of primary amides is 1. The van der Waals surface area contributed by atoms with Crippen molar-refractivity contribution in [2.24, 2.45) is 5.73 Å². The lowest BCUT2D eigenvalue weighted by atomic mass is 10.0. The molecular weight excluding hydrogens is 340 g/mol. The van der Waals surface area contributed by atoms with Crippen LogP contribution in [0.2, 0.25) is 0 Å². The summed E-state index contributed by atoms with van der Waals surface area (Å²) < 4.78 is 0. The monoisotopic (exact) mass is 374 g/mol. The van der Waals surface area contributed by atoms with Gasteiger partial charge in [0.15, 0.2) is 0 Å². The number of carbonyl (C=O) groups is 1. The largest absolute Gasteiger partial charge is 0.393 e. The van der Waals surface area contributed by atoms with Crippen LogP contribution in [0.15, 0.2) is 0 Å². The molecule has 0 aromatic carbocycles. The lowest BCUT2D eigenvalue weighted by Gasteiger charge is -2.10. The van der Waals surface area contributed by atoms with E-state index in [1.807, 2.05) is 0 Å². The molecule has 140 valence electrons. The third-order valence-corrected chi connectivity index (χ3v) is 5.42. The van der Waals surface area contributed by atoms with Crippen LogP contribution in [0, 0.1) is 10.7 Å². The first-order valence-corrected chi connectivity index (χ1v) is 11.2. The van der Waals surface area contributed by atoms with E-state index >= 15 is 0 Å². The van der Waals surface area contributed by atoms with Crippen LogP contribution in [0.4, 0.5) is 4.79 Å². The van der Waals surface area contributed by atoms with Gasteiger partial charge < -0.3 is 10.8 Å². The molecule has 6 heteroatoms. The van der Waals surface area contributed by atoms with Gasteiger partial charge in [-0.1, -0.05) is 69.5 Å². The average molecular weight is 375 g/mol. The van der Waals surface area contributed by atoms with Crippen molar-refractivity contribution < 1.29 is 9.90 Å². The van der Waals surface area contributed by atoms with Gasteiger partial charge in [0.2, 0.25) is 0 Å². The number of nitriles is 1. The molecule has 0 aromatic rings. The Kier molecular flexibility index (Phi) is 18.7. The highest BCUT2D eigenvalue weighted by atomic mass is 32.2. The average Bonchev–Trinajstić information content (AvgIpc) is 2.55. The Morgan fingerprint density at radius 1 is 0.875 bits per heavy atom. The van der Waals surface area contributed by atoms with E-state index < -0.39 is 0 Å². The SMILES string of the molecule is N#CSCCCCCCCC(O)CCCCCCCCSC(N)=O. The third kappa shape index (κ3) is 19.7. The number of unbranched alkanes of at least 4 members (excludes halogenated alkanes) is 9. The van der Waals surface area contributed by atoms with E-state index in [-0.39, 0.29) is 11.3 Å². The molecule has 0 fully saturated rings. The summed E-state index contributed by atoms with van der Waals surface area (Å²) in [4.78, 5) is 10.6. The fourth-order valence-electron chi connectivity index (χ4n) is 2.64. The lowest BCUT2D eigenvalue weighted by molar-refractivity contribution is 0.147. The minimum Gasteiger partial charge on any atom is -0.393 e. The summed E-state index contributed by atoms with van der Waals surface area (Å²) in [6, 6.07) is 0. The van der Waals surface area contributed by atoms with E-state index in [1.165, 1.54) is 62.0 Å². The molecule has 1 amide bonds. The highest BCUT2D eigenvalue weighted by Crippen LogP contribution is 2.15. The van der Waals surface area contributed by atoms with Gasteiger partial charge in [0, 0.05) is 11.5 Å². The number of thiocyanates is 1. The maximum atomic E-state index is 10.6. The van der Waals surface area contributed by atoms with Crippen LogP contribution in [-0.4, -0.2) is 28.0 Å². The Labute approximate surface area is 156 Å². The maximum Gasteiger partial charge on any atom is 0.276 e. The number of aliphatic hydroxyl groups is 1. The van der Waals surface area contributed by atoms with E-state index in [2.05, 4.69) is 5.40 Å². The fourth-order valence-corrected chi connectivity index (χ4v) is 3.63. The normalized spacial score (nSPS) is 12.0. The van der Waals surface area contributed by atoms with Crippen LogP contribution in [0.5, 0.6) is 0 Å². The zero-order chi connectivity index (χ0) is 17.9. The van der Waals surface area contributed by atoms with Gasteiger partial charge in [-0.25, -0.2) is 0 Å². The second-order valence-electron chi connectivity index (χ2n) is 6.23. The van der Waals surface area contributed by atoms with Crippen molar-refractivity contribution in [3.05, 3.63) is 0 Å². The lowest BCUT2D eigenvalue weighted by Crippen LogP contribution is -2.06. The molecule has 1 atom stereocenters. The van der Waals surface area contributed by atoms with E-state index in [1.54, 1.807) is 0 Å². The van der Waals surface area contributed by atoms with Gasteiger partial charge >= 0.3 is 0 Å². The molecule has 4 nitrogen and oxygen atoms in total. The Morgan fingerprint density at radius 2 is 1.33 bits per heavy atom. The number of thioether (sulfide) groups is 2. The van der Waals surface area contributed by atoms with E-state index in [0.717, 1.165) is 56.5 Å². The molecule has 24 heavy (non-hydrogen) atoms. The number of rotatable bonds is 17. The van der Waals surface area contributed by atoms with E-state index in [4.69, 9.17) is 11.0 Å². The van der Waals surface area contributed by atoms with Gasteiger partial charge in [-0.2, -0.15) is 5.26 Å². The molecule has 1 unspecified atom stereocenters. The van der Waals surface area contributed by atoms with Crippen molar-refractivity contribution in [1.29, 1.82) is 5.26 Å². The molecule has 0 aromatic heterocycles. The first-order chi connectivity index (χ1) is 11.7. The van der Waals surface area contributed by atoms with Gasteiger partial charge in [-0.3, -0.25) is 4.79 Å². The summed E-state index contributed by atoms with van der Waals surface area (Å²) in [5.41, 5.74) is 5.07. The summed E-state index contributed by atoms with van der Waals surface area (Å²) in [7, 11) is 0. The van der Waals surface area contributed by atoms with Crippen molar-refractivity contribution in [3.63, 3.8) is 0 Å². The van der Waals surface area contributed by atoms with E-state index in [0.29, 0.717) is 0 Å². The molecule has 0 aliphatic rings. The number of hydrogen-bond acceptors (Lipinski definition) is 5. The third-order valence-electron chi connectivity index (χ3n) is 4.02. The van der Waals surface area contributed by atoms with Gasteiger partial charge in [0.05, 0.1) is 6.10 Å². The number of aliphatic hydroxyl groups excluding tert-OH is 1. The van der Waals surface area contributed by atoms with Crippen LogP contribution < -0.4 is 5.73 Å². The molecule has 0 rings (SSSR count). The van der Waals surface area contributed by atoms with Crippen molar-refractivity contribution in [3.8, 4) is 5.40 Å². The fraction of sp³-hybridized carbons (Fsp3) is 0.889. The summed E-state index contributed by atoms with van der Waals surface area (Å²) >= 11 is 2.55. The van der Waals surface area contributed by atoms with Crippen LogP contribution in [-0.2, 0) is 0 Å². The minimum atomic E-state index is -0.276. The summed E-state index contributed by atoms with van der Waals surface area (Å²) in [5.74, 6) is 1.79. The molecule has 0 spiro atoms. The van der Waals surface area contributed by atoms with Gasteiger partial charge in [0.25, 0.3) is 5.24 Å². The summed E-state index contributed by atoms with van der Waals surface area (Å²) in [5, 5.41) is 20.2. The van der Waals surface area contributed by atoms with E-state index in [9.17, 15) is 9.90 Å². The highest BCUT2D eigenvalue weighted by molar-refractivity contribution is 8.13. The molecule has 0 radical (unpaired) electrons. The maximum absolute atomic E-state index is 10.6. The Balaban J connectivity index is 3.17. The van der Waals surface area contributed by atoms with Crippen LogP contribution in [0.1, 0.15) is 83.5 Å². The van der Waals surface area contributed by atoms with Crippen molar-refractivity contribution in [2.75, 3.05) is 11.5 Å². The first-order valence-electron chi connectivity index (χ1n) is 9.28. The van der Waals surface area contributed by atoms with Crippen LogP contribution in [0.25, 0.3) is 0 Å². The predicted molar refractivity (Wildman–Crippen MR) is 106 cm³/mol. The molecule has 0 heterocycles. The minimum absolute atomic E-state index is 0.133. The van der Waals surface area contributed by atoms with Crippen molar-refractivity contribution >= 4 is 28.8 Å². The number of carbonyl (C=O) groups excluding carboxylic acids is 1. The predicted octanol–water partition coefficient (Wildman–Crippen LogP) is 5.44. The van der Waals surface area contributed by atoms with Gasteiger partial charge in [-0.15, -0.1) is 0 Å². The van der Waals surface area contributed by atoms with Crippen molar-refractivity contribution in [2.45, 2.75) is 89.6 Å². The number of nitrogens with two attached hydrogens (primary N) is 1. The molecule has 0 bridgehead atoms. The second-order valence-corrected chi connectivity index (χ2v) is 8.21. The number of hydrogen-bond donors (Lipinski definition) is 2. The van der Waals surface area contributed by atoms with Crippen LogP contribution >= 0.6 is 23.5 Å². The zero-order valence-corrected chi connectivity index (χ0v) is 16.5. The summed E-state index contributed by atoms with van der Waals surface area (Å²) in [6.07, 6.45) is 14.5. The Bertz CT molecular complexity index is 335.